The Hall–Kier alpha value is -0.840. The fourth-order valence-electron chi connectivity index (χ4n) is 0.893. The molecule has 0 spiro atoms. The number of halogens is 1. The lowest BCUT2D eigenvalue weighted by atomic mass is 10.3. The molecule has 1 rings (SSSR count). The molecule has 0 radical (unpaired) electrons. The van der Waals surface area contributed by atoms with Gasteiger partial charge in [0.15, 0.2) is 10.4 Å². The molecule has 4 nitrogen and oxygen atoms in total. The van der Waals surface area contributed by atoms with E-state index < -0.39 is 5.97 Å². The summed E-state index contributed by atoms with van der Waals surface area (Å²) in [6.45, 7) is 5.37. The number of nitrogens with one attached hydrogen (secondary N) is 1. The van der Waals surface area contributed by atoms with Crippen LogP contribution >= 0.6 is 15.9 Å². The van der Waals surface area contributed by atoms with Crippen molar-refractivity contribution in [3.63, 3.8) is 0 Å². The van der Waals surface area contributed by atoms with E-state index >= 15 is 0 Å². The number of aryl methyl sites for hydroxylation is 1. The molecule has 0 saturated heterocycles. The van der Waals surface area contributed by atoms with Crippen LogP contribution in [-0.2, 0) is 4.74 Å². The van der Waals surface area contributed by atoms with Crippen LogP contribution in [0.25, 0.3) is 0 Å². The Morgan fingerprint density at radius 1 is 1.62 bits per heavy atom. The summed E-state index contributed by atoms with van der Waals surface area (Å²) in [6, 6.07) is 0. The second-order valence-electron chi connectivity index (χ2n) is 2.96. The van der Waals surface area contributed by atoms with Gasteiger partial charge in [-0.15, -0.1) is 0 Å². The summed E-state index contributed by atoms with van der Waals surface area (Å²) in [6.07, 6.45) is -0.123. The number of carbonyl (C=O) groups is 1. The van der Waals surface area contributed by atoms with Gasteiger partial charge in [-0.2, -0.15) is 0 Å². The first-order valence-corrected chi connectivity index (χ1v) is 4.73. The van der Waals surface area contributed by atoms with Gasteiger partial charge >= 0.3 is 5.97 Å². The van der Waals surface area contributed by atoms with Crippen molar-refractivity contribution < 1.29 is 9.53 Å². The lowest BCUT2D eigenvalue weighted by Crippen LogP contribution is -2.12. The number of ether oxygens (including phenoxy) is 1. The van der Waals surface area contributed by atoms with Crippen molar-refractivity contribution in [3.8, 4) is 0 Å². The topological polar surface area (TPSA) is 55.0 Å². The summed E-state index contributed by atoms with van der Waals surface area (Å²) < 4.78 is 5.53. The van der Waals surface area contributed by atoms with E-state index in [9.17, 15) is 4.79 Å². The van der Waals surface area contributed by atoms with E-state index in [-0.39, 0.29) is 6.10 Å². The Balaban J connectivity index is 2.82. The third-order valence-electron chi connectivity index (χ3n) is 1.39. The van der Waals surface area contributed by atoms with Crippen molar-refractivity contribution in [1.82, 2.24) is 9.97 Å². The van der Waals surface area contributed by atoms with Crippen LogP contribution in [0.15, 0.2) is 4.73 Å². The summed E-state index contributed by atoms with van der Waals surface area (Å²) >= 11 is 3.14. The van der Waals surface area contributed by atoms with Crippen LogP contribution in [0, 0.1) is 6.92 Å². The van der Waals surface area contributed by atoms with Crippen LogP contribution in [0.1, 0.15) is 30.0 Å². The van der Waals surface area contributed by atoms with Gasteiger partial charge in [-0.1, -0.05) is 0 Å². The van der Waals surface area contributed by atoms with Crippen LogP contribution in [-0.4, -0.2) is 22.0 Å². The van der Waals surface area contributed by atoms with Gasteiger partial charge in [-0.05, 0) is 36.7 Å². The lowest BCUT2D eigenvalue weighted by molar-refractivity contribution is 0.0370. The fraction of sp³-hybridized carbons (Fsp3) is 0.500. The SMILES string of the molecule is Cc1[nH]c(Br)nc1C(=O)OC(C)C. The molecule has 72 valence electrons. The maximum Gasteiger partial charge on any atom is 0.359 e. The zero-order valence-corrected chi connectivity index (χ0v) is 9.31. The standard InChI is InChI=1S/C8H11BrN2O2/c1-4(2)13-7(12)6-5(3)10-8(9)11-6/h4H,1-3H3,(H,10,11). The summed E-state index contributed by atoms with van der Waals surface area (Å²) in [5.74, 6) is -0.394. The second-order valence-corrected chi connectivity index (χ2v) is 3.71. The number of nitrogens with zero attached hydrogens (tertiary/aromatic N) is 1. The average molecular weight is 247 g/mol. The number of carbonyl (C=O) groups excluding carboxylic acids is 1. The van der Waals surface area contributed by atoms with Gasteiger partial charge in [0, 0.05) is 5.69 Å². The molecule has 1 heterocycles. The zero-order valence-electron chi connectivity index (χ0n) is 7.72. The van der Waals surface area contributed by atoms with Gasteiger partial charge in [0.25, 0.3) is 0 Å². The van der Waals surface area contributed by atoms with E-state index in [0.29, 0.717) is 16.1 Å². The van der Waals surface area contributed by atoms with Gasteiger partial charge in [-0.3, -0.25) is 0 Å². The lowest BCUT2D eigenvalue weighted by Gasteiger charge is -2.05. The molecule has 0 aliphatic rings. The van der Waals surface area contributed by atoms with Crippen molar-refractivity contribution in [2.45, 2.75) is 26.9 Å². The molecule has 13 heavy (non-hydrogen) atoms. The van der Waals surface area contributed by atoms with Gasteiger partial charge in [0.2, 0.25) is 0 Å². The normalized spacial score (nSPS) is 10.5. The fourth-order valence-corrected chi connectivity index (χ4v) is 1.37. The molecule has 0 aliphatic carbocycles. The number of hydrogen-bond acceptors (Lipinski definition) is 3. The Bertz CT molecular complexity index is 320. The Morgan fingerprint density at radius 3 is 2.62 bits per heavy atom. The number of aromatic amines is 1. The highest BCUT2D eigenvalue weighted by Crippen LogP contribution is 2.11. The van der Waals surface area contributed by atoms with Crippen LogP contribution in [0.2, 0.25) is 0 Å². The second kappa shape index (κ2) is 3.91. The summed E-state index contributed by atoms with van der Waals surface area (Å²) in [5.41, 5.74) is 1.04. The molecule has 1 N–H and O–H groups in total. The molecule has 1 aromatic rings. The van der Waals surface area contributed by atoms with E-state index in [2.05, 4.69) is 25.9 Å². The average Bonchev–Trinajstić information content (AvgIpc) is 2.28. The summed E-state index contributed by atoms with van der Waals surface area (Å²) in [4.78, 5) is 18.2. The Morgan fingerprint density at radius 2 is 2.23 bits per heavy atom. The number of esters is 1. The van der Waals surface area contributed by atoms with Crippen LogP contribution < -0.4 is 0 Å². The van der Waals surface area contributed by atoms with Crippen molar-refractivity contribution in [2.24, 2.45) is 0 Å². The number of H-pyrrole nitrogens is 1. The van der Waals surface area contributed by atoms with Gasteiger partial charge in [0.1, 0.15) is 0 Å². The highest BCUT2D eigenvalue weighted by atomic mass is 79.9. The first-order valence-electron chi connectivity index (χ1n) is 3.93. The smallest absolute Gasteiger partial charge is 0.359 e. The molecule has 0 amide bonds. The first kappa shape index (κ1) is 10.2. The molecule has 0 aliphatic heterocycles. The van der Waals surface area contributed by atoms with Crippen molar-refractivity contribution in [3.05, 3.63) is 16.1 Å². The minimum absolute atomic E-state index is 0.123. The van der Waals surface area contributed by atoms with Crippen LogP contribution in [0.5, 0.6) is 0 Å². The molecule has 0 fully saturated rings. The summed E-state index contributed by atoms with van der Waals surface area (Å²) in [7, 11) is 0. The van der Waals surface area contributed by atoms with E-state index in [0.717, 1.165) is 0 Å². The van der Waals surface area contributed by atoms with Crippen molar-refractivity contribution >= 4 is 21.9 Å². The van der Waals surface area contributed by atoms with Crippen molar-refractivity contribution in [1.29, 1.82) is 0 Å². The molecule has 5 heteroatoms. The molecular formula is C8H11BrN2O2. The quantitative estimate of drug-likeness (QED) is 0.813. The number of imidazole rings is 1. The zero-order chi connectivity index (χ0) is 10.0. The monoisotopic (exact) mass is 246 g/mol. The highest BCUT2D eigenvalue weighted by Gasteiger charge is 2.16. The predicted molar refractivity (Wildman–Crippen MR) is 51.6 cm³/mol. The first-order chi connectivity index (χ1) is 6.00. The molecule has 0 bridgehead atoms. The van der Waals surface area contributed by atoms with E-state index in [4.69, 9.17) is 4.74 Å². The molecule has 0 aromatic carbocycles. The van der Waals surface area contributed by atoms with Gasteiger partial charge < -0.3 is 9.72 Å². The maximum atomic E-state index is 11.4. The Kier molecular flexibility index (Phi) is 3.08. The minimum atomic E-state index is -0.394. The van der Waals surface area contributed by atoms with Crippen molar-refractivity contribution in [2.75, 3.05) is 0 Å². The third-order valence-corrected chi connectivity index (χ3v) is 1.77. The van der Waals surface area contributed by atoms with E-state index in [1.165, 1.54) is 0 Å². The highest BCUT2D eigenvalue weighted by molar-refractivity contribution is 9.10. The molecule has 0 unspecified atom stereocenters. The predicted octanol–water partition coefficient (Wildman–Crippen LogP) is 2.05. The van der Waals surface area contributed by atoms with E-state index in [1.807, 2.05) is 0 Å². The van der Waals surface area contributed by atoms with E-state index in [1.54, 1.807) is 20.8 Å². The van der Waals surface area contributed by atoms with Gasteiger partial charge in [0.05, 0.1) is 6.10 Å². The maximum absolute atomic E-state index is 11.4. The van der Waals surface area contributed by atoms with Gasteiger partial charge in [-0.25, -0.2) is 9.78 Å². The number of hydrogen-bond donors (Lipinski definition) is 1. The third kappa shape index (κ3) is 2.55. The minimum Gasteiger partial charge on any atom is -0.458 e. The Labute approximate surface area is 84.8 Å². The molecular weight excluding hydrogens is 236 g/mol. The number of rotatable bonds is 2. The molecule has 1 aromatic heterocycles. The molecule has 0 atom stereocenters. The number of aromatic nitrogens is 2. The van der Waals surface area contributed by atoms with Crippen LogP contribution in [0.3, 0.4) is 0 Å². The molecule has 0 saturated carbocycles. The largest absolute Gasteiger partial charge is 0.458 e. The summed E-state index contributed by atoms with van der Waals surface area (Å²) in [5, 5.41) is 0. The van der Waals surface area contributed by atoms with Crippen LogP contribution in [0.4, 0.5) is 0 Å².